The summed E-state index contributed by atoms with van der Waals surface area (Å²) in [5.74, 6) is 1.29. The van der Waals surface area contributed by atoms with Crippen molar-refractivity contribution in [1.82, 2.24) is 29.6 Å². The number of aliphatic imine (C=N–C) groups is 1. The Bertz CT molecular complexity index is 956. The third-order valence-corrected chi connectivity index (χ3v) is 6.94. The molecule has 210 valence electrons. The van der Waals surface area contributed by atoms with Crippen molar-refractivity contribution in [3.8, 4) is 0 Å². The van der Waals surface area contributed by atoms with E-state index >= 15 is 0 Å². The number of nitrogens with one attached hydrogen (secondary N) is 1. The number of carboxylic acid groups (broad SMARTS) is 1. The zero-order chi connectivity index (χ0) is 27.2. The van der Waals surface area contributed by atoms with E-state index in [9.17, 15) is 9.90 Å². The molecule has 9 nitrogen and oxygen atoms in total. The number of imidazole rings is 1. The van der Waals surface area contributed by atoms with Crippen LogP contribution in [0.2, 0.25) is 0 Å². The van der Waals surface area contributed by atoms with Crippen molar-refractivity contribution in [2.24, 2.45) is 4.99 Å². The van der Waals surface area contributed by atoms with E-state index in [0.29, 0.717) is 6.54 Å². The van der Waals surface area contributed by atoms with Gasteiger partial charge in [0, 0.05) is 39.1 Å². The molecule has 1 aliphatic rings. The van der Waals surface area contributed by atoms with Crippen molar-refractivity contribution in [2.75, 3.05) is 59.4 Å². The van der Waals surface area contributed by atoms with Crippen LogP contribution in [0.15, 0.2) is 41.7 Å². The van der Waals surface area contributed by atoms with Crippen LogP contribution in [0.1, 0.15) is 56.5 Å². The Hall–Kier alpha value is -2.75. The van der Waals surface area contributed by atoms with E-state index in [-0.39, 0.29) is 6.54 Å². The number of aromatic nitrogens is 2. The Morgan fingerprint density at radius 1 is 0.921 bits per heavy atom. The number of nitrogens with zero attached hydrogens (tertiary/aromatic N) is 6. The number of carboxylic acids is 1. The molecule has 2 aromatic rings. The maximum atomic E-state index is 11.5. The first kappa shape index (κ1) is 29.8. The van der Waals surface area contributed by atoms with Crippen molar-refractivity contribution < 1.29 is 9.90 Å². The van der Waals surface area contributed by atoms with Crippen LogP contribution in [0.4, 0.5) is 0 Å². The summed E-state index contributed by atoms with van der Waals surface area (Å²) in [7, 11) is 2.10. The summed E-state index contributed by atoms with van der Waals surface area (Å²) in [4.78, 5) is 33.0. The molecule has 2 N–H and O–H groups in total. The van der Waals surface area contributed by atoms with Gasteiger partial charge in [0.05, 0.1) is 26.2 Å². The van der Waals surface area contributed by atoms with E-state index in [1.165, 1.54) is 18.4 Å². The molecule has 0 atom stereocenters. The Kier molecular flexibility index (Phi) is 12.8. The van der Waals surface area contributed by atoms with E-state index in [4.69, 9.17) is 0 Å². The maximum absolute atomic E-state index is 11.5. The van der Waals surface area contributed by atoms with Crippen LogP contribution in [-0.2, 0) is 24.4 Å². The number of aromatic amines is 1. The number of hydrogen-bond donors (Lipinski definition) is 2. The number of benzene rings is 1. The lowest BCUT2D eigenvalue weighted by Gasteiger charge is -2.25. The van der Waals surface area contributed by atoms with Crippen molar-refractivity contribution in [3.63, 3.8) is 0 Å². The lowest BCUT2D eigenvalue weighted by molar-refractivity contribution is -0.138. The van der Waals surface area contributed by atoms with Gasteiger partial charge in [-0.3, -0.25) is 19.6 Å². The fourth-order valence-corrected chi connectivity index (χ4v) is 5.02. The number of H-pyrrole nitrogens is 1. The molecule has 9 heteroatoms. The summed E-state index contributed by atoms with van der Waals surface area (Å²) in [6.07, 6.45) is 8.10. The second-order valence-corrected chi connectivity index (χ2v) is 10.4. The van der Waals surface area contributed by atoms with Gasteiger partial charge in [0.25, 0.3) is 0 Å². The van der Waals surface area contributed by atoms with Crippen molar-refractivity contribution in [2.45, 2.75) is 59.2 Å². The van der Waals surface area contributed by atoms with Crippen LogP contribution >= 0.6 is 0 Å². The Morgan fingerprint density at radius 2 is 1.55 bits per heavy atom. The molecule has 3 rings (SSSR count). The van der Waals surface area contributed by atoms with Crippen LogP contribution in [0.3, 0.4) is 0 Å². The smallest absolute Gasteiger partial charge is 0.317 e. The highest BCUT2D eigenvalue weighted by molar-refractivity contribution is 5.85. The molecule has 0 radical (unpaired) electrons. The average Bonchev–Trinajstić information content (AvgIpc) is 3.54. The normalized spacial score (nSPS) is 13.7. The molecular weight excluding hydrogens is 478 g/mol. The van der Waals surface area contributed by atoms with E-state index in [1.807, 2.05) is 6.20 Å². The van der Waals surface area contributed by atoms with Gasteiger partial charge in [-0.25, -0.2) is 4.98 Å². The Labute approximate surface area is 228 Å². The molecule has 0 saturated heterocycles. The summed E-state index contributed by atoms with van der Waals surface area (Å²) in [6.45, 7) is 13.5. The monoisotopic (exact) mass is 525 g/mol. The third kappa shape index (κ3) is 10.6. The molecule has 2 heterocycles. The predicted octanol–water partition coefficient (Wildman–Crippen LogP) is 3.54. The fraction of sp³-hybridized carbons (Fsp3) is 0.621. The highest BCUT2D eigenvalue weighted by Crippen LogP contribution is 2.14. The minimum Gasteiger partial charge on any atom is -0.480 e. The third-order valence-electron chi connectivity index (χ3n) is 6.94. The van der Waals surface area contributed by atoms with Gasteiger partial charge in [-0.15, -0.1) is 0 Å². The number of carbonyl (C=O) groups is 1. The topological polar surface area (TPSA) is 91.3 Å². The number of hydrogen-bond acceptors (Lipinski definition) is 7. The van der Waals surface area contributed by atoms with Crippen molar-refractivity contribution in [3.05, 3.63) is 53.6 Å². The molecule has 1 aliphatic heterocycles. The molecule has 0 amide bonds. The molecule has 0 bridgehead atoms. The molecular formula is C29H47N7O2. The molecule has 38 heavy (non-hydrogen) atoms. The van der Waals surface area contributed by atoms with Crippen LogP contribution in [0, 0.1) is 0 Å². The zero-order valence-corrected chi connectivity index (χ0v) is 23.6. The second kappa shape index (κ2) is 16.3. The van der Waals surface area contributed by atoms with Crippen molar-refractivity contribution in [1.29, 1.82) is 0 Å². The zero-order valence-electron chi connectivity index (χ0n) is 23.6. The second-order valence-electron chi connectivity index (χ2n) is 10.4. The average molecular weight is 526 g/mol. The number of amidine groups is 1. The maximum Gasteiger partial charge on any atom is 0.317 e. The van der Waals surface area contributed by atoms with Gasteiger partial charge in [0.1, 0.15) is 11.7 Å². The van der Waals surface area contributed by atoms with E-state index in [1.54, 1.807) is 6.20 Å². The number of rotatable bonds is 19. The van der Waals surface area contributed by atoms with Gasteiger partial charge in [-0.05, 0) is 63.0 Å². The van der Waals surface area contributed by atoms with Crippen LogP contribution in [0.25, 0.3) is 0 Å². The van der Waals surface area contributed by atoms with E-state index < -0.39 is 5.97 Å². The summed E-state index contributed by atoms with van der Waals surface area (Å²) < 4.78 is 0. The SMILES string of the molecule is CCCN(CCC)CCCCN(CC(=O)O)Cc1ccc(CN(CC2=NCCN2C)Cc2ncc[nH]2)cc1. The molecule has 0 saturated carbocycles. The number of unbranched alkanes of at least 4 members (excludes halogenated alkanes) is 1. The summed E-state index contributed by atoms with van der Waals surface area (Å²) >= 11 is 0. The van der Waals surface area contributed by atoms with E-state index in [2.05, 4.69) is 79.7 Å². The minimum absolute atomic E-state index is 0.0714. The van der Waals surface area contributed by atoms with Gasteiger partial charge in [-0.1, -0.05) is 38.1 Å². The molecule has 1 aromatic carbocycles. The Morgan fingerprint density at radius 3 is 2.08 bits per heavy atom. The van der Waals surface area contributed by atoms with Crippen LogP contribution < -0.4 is 0 Å². The first-order chi connectivity index (χ1) is 18.5. The largest absolute Gasteiger partial charge is 0.480 e. The van der Waals surface area contributed by atoms with Gasteiger partial charge < -0.3 is 19.9 Å². The Balaban J connectivity index is 1.54. The minimum atomic E-state index is -0.770. The first-order valence-electron chi connectivity index (χ1n) is 14.2. The molecule has 0 spiro atoms. The van der Waals surface area contributed by atoms with Gasteiger partial charge in [-0.2, -0.15) is 0 Å². The highest BCUT2D eigenvalue weighted by Gasteiger charge is 2.18. The fourth-order valence-electron chi connectivity index (χ4n) is 5.02. The van der Waals surface area contributed by atoms with Crippen molar-refractivity contribution >= 4 is 11.8 Å². The van der Waals surface area contributed by atoms with Gasteiger partial charge in [0.15, 0.2) is 0 Å². The van der Waals surface area contributed by atoms with E-state index in [0.717, 1.165) is 89.0 Å². The van der Waals surface area contributed by atoms with Crippen LogP contribution in [0.5, 0.6) is 0 Å². The molecule has 0 unspecified atom stereocenters. The number of likely N-dealkylation sites (N-methyl/N-ethyl adjacent to an activating group) is 1. The first-order valence-corrected chi connectivity index (χ1v) is 14.2. The lowest BCUT2D eigenvalue weighted by atomic mass is 10.1. The van der Waals surface area contributed by atoms with Gasteiger partial charge in [0.2, 0.25) is 0 Å². The summed E-state index contributed by atoms with van der Waals surface area (Å²) in [6, 6.07) is 8.60. The lowest BCUT2D eigenvalue weighted by Crippen LogP contribution is -2.36. The number of aliphatic carboxylic acids is 1. The summed E-state index contributed by atoms with van der Waals surface area (Å²) in [5, 5.41) is 9.45. The highest BCUT2D eigenvalue weighted by atomic mass is 16.4. The molecule has 0 aliphatic carbocycles. The molecule has 0 fully saturated rings. The van der Waals surface area contributed by atoms with Gasteiger partial charge >= 0.3 is 5.97 Å². The molecule has 1 aromatic heterocycles. The quantitative estimate of drug-likeness (QED) is 0.271. The van der Waals surface area contributed by atoms with Crippen LogP contribution in [-0.4, -0.2) is 106 Å². The summed E-state index contributed by atoms with van der Waals surface area (Å²) in [5.41, 5.74) is 2.37. The predicted molar refractivity (Wildman–Crippen MR) is 153 cm³/mol. The standard InChI is InChI=1S/C29H47N7O2/c1-4-15-34(16-5-2)17-6-7-18-35(24-29(37)38)20-25-8-10-26(11-9-25)21-36(22-27-30-12-13-31-27)23-28-32-14-19-33(28)3/h8-13H,4-7,14-24H2,1-3H3,(H,30,31)(H,37,38).